The van der Waals surface area contributed by atoms with E-state index in [0.717, 1.165) is 0 Å². The Hall–Kier alpha value is -1.04. The molecule has 1 unspecified atom stereocenters. The van der Waals surface area contributed by atoms with E-state index in [4.69, 9.17) is 5.26 Å². The third kappa shape index (κ3) is 2.95. The highest BCUT2D eigenvalue weighted by Crippen LogP contribution is 2.39. The SMILES string of the molecule is CC(C)C(C#N)C(=O)NC(C)(C)C1CC1. The number of hydrogen-bond donors (Lipinski definition) is 1. The molecule has 1 N–H and O–H groups in total. The van der Waals surface area contributed by atoms with Crippen LogP contribution in [0.5, 0.6) is 0 Å². The molecule has 1 rings (SSSR count). The molecule has 0 aliphatic heterocycles. The van der Waals surface area contributed by atoms with E-state index in [9.17, 15) is 4.79 Å². The Bertz CT molecular complexity index is 284. The molecule has 3 nitrogen and oxygen atoms in total. The minimum absolute atomic E-state index is 0.0741. The van der Waals surface area contributed by atoms with Crippen molar-refractivity contribution >= 4 is 5.91 Å². The molecule has 0 spiro atoms. The lowest BCUT2D eigenvalue weighted by molar-refractivity contribution is -0.126. The second kappa shape index (κ2) is 4.22. The number of hydrogen-bond acceptors (Lipinski definition) is 2. The molecule has 0 aromatic heterocycles. The van der Waals surface area contributed by atoms with Crippen molar-refractivity contribution in [3.63, 3.8) is 0 Å². The van der Waals surface area contributed by atoms with Crippen molar-refractivity contribution in [3.05, 3.63) is 0 Å². The van der Waals surface area contributed by atoms with Crippen molar-refractivity contribution in [1.82, 2.24) is 5.32 Å². The van der Waals surface area contributed by atoms with Gasteiger partial charge in [-0.2, -0.15) is 5.26 Å². The standard InChI is InChI=1S/C12H20N2O/c1-8(2)10(7-13)11(15)14-12(3,4)9-5-6-9/h8-10H,5-6H2,1-4H3,(H,14,15). The van der Waals surface area contributed by atoms with Crippen LogP contribution >= 0.6 is 0 Å². The van der Waals surface area contributed by atoms with E-state index in [0.29, 0.717) is 5.92 Å². The lowest BCUT2D eigenvalue weighted by Gasteiger charge is -2.28. The Morgan fingerprint density at radius 2 is 2.00 bits per heavy atom. The van der Waals surface area contributed by atoms with E-state index in [1.54, 1.807) is 0 Å². The lowest BCUT2D eigenvalue weighted by Crippen LogP contribution is -2.48. The van der Waals surface area contributed by atoms with Gasteiger partial charge in [0.25, 0.3) is 0 Å². The van der Waals surface area contributed by atoms with Crippen molar-refractivity contribution in [2.75, 3.05) is 0 Å². The van der Waals surface area contributed by atoms with Crippen LogP contribution in [-0.2, 0) is 4.79 Å². The molecule has 3 heteroatoms. The highest BCUT2D eigenvalue weighted by molar-refractivity contribution is 5.82. The first-order valence-corrected chi connectivity index (χ1v) is 5.60. The van der Waals surface area contributed by atoms with Gasteiger partial charge in [0, 0.05) is 5.54 Å². The van der Waals surface area contributed by atoms with E-state index in [1.807, 2.05) is 27.7 Å². The summed E-state index contributed by atoms with van der Waals surface area (Å²) in [5.74, 6) is 0.0189. The molecule has 1 saturated carbocycles. The van der Waals surface area contributed by atoms with Gasteiger partial charge in [0.2, 0.25) is 5.91 Å². The summed E-state index contributed by atoms with van der Waals surface area (Å²) in [6, 6.07) is 2.07. The summed E-state index contributed by atoms with van der Waals surface area (Å²) >= 11 is 0. The molecular weight excluding hydrogens is 188 g/mol. The van der Waals surface area contributed by atoms with Gasteiger partial charge in [0.15, 0.2) is 0 Å². The van der Waals surface area contributed by atoms with Crippen molar-refractivity contribution in [3.8, 4) is 6.07 Å². The van der Waals surface area contributed by atoms with Gasteiger partial charge in [-0.25, -0.2) is 0 Å². The maximum Gasteiger partial charge on any atom is 0.238 e. The summed E-state index contributed by atoms with van der Waals surface area (Å²) in [6.45, 7) is 7.88. The quantitative estimate of drug-likeness (QED) is 0.769. The molecule has 0 aromatic carbocycles. The van der Waals surface area contributed by atoms with Crippen LogP contribution < -0.4 is 5.32 Å². The minimum Gasteiger partial charge on any atom is -0.350 e. The molecule has 1 fully saturated rings. The molecule has 15 heavy (non-hydrogen) atoms. The zero-order valence-corrected chi connectivity index (χ0v) is 10.0. The van der Waals surface area contributed by atoms with Crippen molar-refractivity contribution in [2.45, 2.75) is 46.1 Å². The van der Waals surface area contributed by atoms with E-state index >= 15 is 0 Å². The summed E-state index contributed by atoms with van der Waals surface area (Å²) in [6.07, 6.45) is 2.37. The van der Waals surface area contributed by atoms with Crippen LogP contribution in [0.15, 0.2) is 0 Å². The predicted molar refractivity (Wildman–Crippen MR) is 58.9 cm³/mol. The van der Waals surface area contributed by atoms with E-state index < -0.39 is 5.92 Å². The molecule has 0 radical (unpaired) electrons. The molecule has 1 amide bonds. The molecule has 0 aromatic rings. The van der Waals surface area contributed by atoms with Crippen LogP contribution in [0.1, 0.15) is 40.5 Å². The normalized spacial score (nSPS) is 18.4. The predicted octanol–water partition coefficient (Wildman–Crippen LogP) is 2.09. The van der Waals surface area contributed by atoms with Crippen LogP contribution in [0.4, 0.5) is 0 Å². The van der Waals surface area contributed by atoms with E-state index in [-0.39, 0.29) is 17.4 Å². The van der Waals surface area contributed by atoms with Crippen LogP contribution in [0.25, 0.3) is 0 Å². The van der Waals surface area contributed by atoms with Gasteiger partial charge in [-0.1, -0.05) is 13.8 Å². The number of carbonyl (C=O) groups excluding carboxylic acids is 1. The largest absolute Gasteiger partial charge is 0.350 e. The first kappa shape index (κ1) is 12.0. The Labute approximate surface area is 91.9 Å². The molecule has 1 atom stereocenters. The van der Waals surface area contributed by atoms with Crippen LogP contribution in [0.3, 0.4) is 0 Å². The van der Waals surface area contributed by atoms with Crippen LogP contribution in [0.2, 0.25) is 0 Å². The van der Waals surface area contributed by atoms with Gasteiger partial charge < -0.3 is 5.32 Å². The number of rotatable bonds is 4. The Kier molecular flexibility index (Phi) is 3.38. The van der Waals surface area contributed by atoms with Crippen molar-refractivity contribution in [1.29, 1.82) is 5.26 Å². The monoisotopic (exact) mass is 208 g/mol. The van der Waals surface area contributed by atoms with E-state index in [2.05, 4.69) is 11.4 Å². The number of carbonyl (C=O) groups is 1. The number of amides is 1. The second-order valence-corrected chi connectivity index (χ2v) is 5.34. The van der Waals surface area contributed by atoms with E-state index in [1.165, 1.54) is 12.8 Å². The summed E-state index contributed by atoms with van der Waals surface area (Å²) in [4.78, 5) is 11.8. The summed E-state index contributed by atoms with van der Waals surface area (Å²) in [5, 5.41) is 11.9. The Morgan fingerprint density at radius 3 is 2.33 bits per heavy atom. The maximum atomic E-state index is 11.8. The van der Waals surface area contributed by atoms with Gasteiger partial charge in [-0.3, -0.25) is 4.79 Å². The molecule has 84 valence electrons. The van der Waals surface area contributed by atoms with Crippen molar-refractivity contribution in [2.24, 2.45) is 17.8 Å². The Balaban J connectivity index is 2.57. The summed E-state index contributed by atoms with van der Waals surface area (Å²) in [7, 11) is 0. The highest BCUT2D eigenvalue weighted by Gasteiger charge is 2.40. The molecule has 1 aliphatic rings. The zero-order chi connectivity index (χ0) is 11.6. The zero-order valence-electron chi connectivity index (χ0n) is 10.0. The number of nitrogens with one attached hydrogen (secondary N) is 1. The minimum atomic E-state index is -0.525. The average Bonchev–Trinajstić information content (AvgIpc) is 2.84. The van der Waals surface area contributed by atoms with Crippen LogP contribution in [-0.4, -0.2) is 11.4 Å². The van der Waals surface area contributed by atoms with Gasteiger partial charge >= 0.3 is 0 Å². The first-order valence-electron chi connectivity index (χ1n) is 5.60. The number of nitrogens with zero attached hydrogens (tertiary/aromatic N) is 1. The molecule has 1 aliphatic carbocycles. The van der Waals surface area contributed by atoms with Crippen LogP contribution in [0, 0.1) is 29.1 Å². The first-order chi connectivity index (χ1) is 6.88. The smallest absolute Gasteiger partial charge is 0.238 e. The molecular formula is C12H20N2O. The van der Waals surface area contributed by atoms with Gasteiger partial charge in [0.05, 0.1) is 6.07 Å². The highest BCUT2D eigenvalue weighted by atomic mass is 16.2. The second-order valence-electron chi connectivity index (χ2n) is 5.34. The summed E-state index contributed by atoms with van der Waals surface area (Å²) < 4.78 is 0. The fraction of sp³-hybridized carbons (Fsp3) is 0.833. The lowest BCUT2D eigenvalue weighted by atomic mass is 9.93. The molecule has 0 bridgehead atoms. The third-order valence-corrected chi connectivity index (χ3v) is 3.13. The fourth-order valence-corrected chi connectivity index (χ4v) is 1.81. The average molecular weight is 208 g/mol. The summed E-state index contributed by atoms with van der Waals surface area (Å²) in [5.41, 5.74) is -0.152. The maximum absolute atomic E-state index is 11.8. The Morgan fingerprint density at radius 1 is 1.47 bits per heavy atom. The fourth-order valence-electron chi connectivity index (χ4n) is 1.81. The van der Waals surface area contributed by atoms with Gasteiger partial charge in [0.1, 0.15) is 5.92 Å². The topological polar surface area (TPSA) is 52.9 Å². The molecule has 0 heterocycles. The van der Waals surface area contributed by atoms with Gasteiger partial charge in [-0.05, 0) is 38.5 Å². The van der Waals surface area contributed by atoms with Gasteiger partial charge in [-0.15, -0.1) is 0 Å². The molecule has 0 saturated heterocycles. The van der Waals surface area contributed by atoms with Crippen molar-refractivity contribution < 1.29 is 4.79 Å². The third-order valence-electron chi connectivity index (χ3n) is 3.13. The number of nitriles is 1.